The van der Waals surface area contributed by atoms with Gasteiger partial charge in [-0.3, -0.25) is 9.69 Å². The van der Waals surface area contributed by atoms with Crippen LogP contribution in [0.3, 0.4) is 0 Å². The van der Waals surface area contributed by atoms with Crippen LogP contribution in [0.15, 0.2) is 18.2 Å². The first kappa shape index (κ1) is 17.1. The third-order valence-electron chi connectivity index (χ3n) is 5.20. The highest BCUT2D eigenvalue weighted by Gasteiger charge is 2.31. The highest BCUT2D eigenvalue weighted by Crippen LogP contribution is 2.33. The highest BCUT2D eigenvalue weighted by atomic mass is 16.7. The summed E-state index contributed by atoms with van der Waals surface area (Å²) >= 11 is 0. The predicted octanol–water partition coefficient (Wildman–Crippen LogP) is 2.74. The van der Waals surface area contributed by atoms with Gasteiger partial charge in [-0.15, -0.1) is 0 Å². The van der Waals surface area contributed by atoms with Crippen LogP contribution in [0.2, 0.25) is 0 Å². The van der Waals surface area contributed by atoms with Crippen LogP contribution in [0.25, 0.3) is 0 Å². The zero-order valence-electron chi connectivity index (χ0n) is 15.2. The Kier molecular flexibility index (Phi) is 4.72. The van der Waals surface area contributed by atoms with Crippen LogP contribution in [-0.2, 0) is 11.3 Å². The molecule has 0 spiro atoms. The maximum atomic E-state index is 12.6. The van der Waals surface area contributed by atoms with E-state index in [2.05, 4.69) is 37.8 Å². The molecule has 1 atom stereocenters. The molecule has 0 aliphatic carbocycles. The quantitative estimate of drug-likeness (QED) is 0.853. The first-order valence-corrected chi connectivity index (χ1v) is 8.74. The minimum Gasteiger partial charge on any atom is -0.454 e. The van der Waals surface area contributed by atoms with Crippen molar-refractivity contribution in [1.29, 1.82) is 0 Å². The van der Waals surface area contributed by atoms with Gasteiger partial charge >= 0.3 is 0 Å². The number of hydrogen-bond donors (Lipinski definition) is 0. The standard InChI is InChI=1S/C19H28N2O3/c1-14(19(2,3)4)18(22)21-9-7-20(8-10-21)12-15-5-6-16-17(11-15)24-13-23-16/h5-6,11,14H,7-10,12-13H2,1-4H3/t14-/m1/s1. The van der Waals surface area contributed by atoms with Crippen molar-refractivity contribution in [3.63, 3.8) is 0 Å². The summed E-state index contributed by atoms with van der Waals surface area (Å²) in [5, 5.41) is 0. The summed E-state index contributed by atoms with van der Waals surface area (Å²) in [6.07, 6.45) is 0. The molecule has 1 aromatic carbocycles. The van der Waals surface area contributed by atoms with Gasteiger partial charge in [-0.25, -0.2) is 0 Å². The van der Waals surface area contributed by atoms with E-state index in [0.717, 1.165) is 44.2 Å². The van der Waals surface area contributed by atoms with Gasteiger partial charge in [0.2, 0.25) is 12.7 Å². The number of piperazine rings is 1. The Hall–Kier alpha value is -1.75. The van der Waals surface area contributed by atoms with E-state index in [-0.39, 0.29) is 17.2 Å². The lowest BCUT2D eigenvalue weighted by atomic mass is 9.81. The summed E-state index contributed by atoms with van der Waals surface area (Å²) in [6, 6.07) is 6.12. The normalized spacial score (nSPS) is 19.4. The number of fused-ring (bicyclic) bond motifs is 1. The summed E-state index contributed by atoms with van der Waals surface area (Å²) in [6.45, 7) is 13.1. The molecule has 2 aliphatic rings. The maximum Gasteiger partial charge on any atom is 0.231 e. The second-order valence-corrected chi connectivity index (χ2v) is 7.88. The van der Waals surface area contributed by atoms with Gasteiger partial charge < -0.3 is 14.4 Å². The smallest absolute Gasteiger partial charge is 0.231 e. The van der Waals surface area contributed by atoms with Crippen molar-refractivity contribution < 1.29 is 14.3 Å². The minimum absolute atomic E-state index is 0.0146. The Morgan fingerprint density at radius 2 is 1.79 bits per heavy atom. The Morgan fingerprint density at radius 3 is 2.46 bits per heavy atom. The van der Waals surface area contributed by atoms with Crippen LogP contribution >= 0.6 is 0 Å². The van der Waals surface area contributed by atoms with Crippen LogP contribution in [0.4, 0.5) is 0 Å². The van der Waals surface area contributed by atoms with E-state index in [1.165, 1.54) is 5.56 Å². The molecule has 0 aromatic heterocycles. The first-order valence-electron chi connectivity index (χ1n) is 8.74. The van der Waals surface area contributed by atoms with Gasteiger partial charge in [0.25, 0.3) is 0 Å². The van der Waals surface area contributed by atoms with E-state index < -0.39 is 0 Å². The fraction of sp³-hybridized carbons (Fsp3) is 0.632. The molecule has 0 N–H and O–H groups in total. The summed E-state index contributed by atoms with van der Waals surface area (Å²) in [7, 11) is 0. The van der Waals surface area contributed by atoms with E-state index >= 15 is 0 Å². The summed E-state index contributed by atoms with van der Waals surface area (Å²) in [4.78, 5) is 17.0. The number of carbonyl (C=O) groups excluding carboxylic acids is 1. The fourth-order valence-electron chi connectivity index (χ4n) is 3.07. The van der Waals surface area contributed by atoms with E-state index in [1.54, 1.807) is 0 Å². The zero-order valence-corrected chi connectivity index (χ0v) is 15.2. The predicted molar refractivity (Wildman–Crippen MR) is 93.0 cm³/mol. The molecule has 2 heterocycles. The number of rotatable bonds is 3. The lowest BCUT2D eigenvalue weighted by Crippen LogP contribution is -2.51. The molecule has 1 saturated heterocycles. The summed E-state index contributed by atoms with van der Waals surface area (Å²) in [5.41, 5.74) is 1.24. The van der Waals surface area contributed by atoms with E-state index in [4.69, 9.17) is 9.47 Å². The van der Waals surface area contributed by atoms with Gasteiger partial charge in [0.05, 0.1) is 0 Å². The topological polar surface area (TPSA) is 42.0 Å². The molecule has 5 heteroatoms. The summed E-state index contributed by atoms with van der Waals surface area (Å²) in [5.74, 6) is 1.99. The van der Waals surface area contributed by atoms with Crippen molar-refractivity contribution in [1.82, 2.24) is 9.80 Å². The Labute approximate surface area is 144 Å². The first-order chi connectivity index (χ1) is 11.3. The number of hydrogen-bond acceptors (Lipinski definition) is 4. The van der Waals surface area contributed by atoms with Gasteiger partial charge in [0, 0.05) is 38.6 Å². The third-order valence-corrected chi connectivity index (χ3v) is 5.20. The molecule has 3 rings (SSSR count). The van der Waals surface area contributed by atoms with Gasteiger partial charge in [-0.05, 0) is 23.1 Å². The molecule has 0 saturated carbocycles. The molecule has 0 radical (unpaired) electrons. The molecule has 132 valence electrons. The SMILES string of the molecule is C[C@H](C(=O)N1CCN(Cc2ccc3c(c2)OCO3)CC1)C(C)(C)C. The van der Waals surface area contributed by atoms with Crippen LogP contribution in [0.5, 0.6) is 11.5 Å². The Bertz CT molecular complexity index is 601. The molecular formula is C19H28N2O3. The second-order valence-electron chi connectivity index (χ2n) is 7.88. The van der Waals surface area contributed by atoms with Crippen molar-refractivity contribution in [2.45, 2.75) is 34.2 Å². The number of carbonyl (C=O) groups is 1. The molecule has 0 bridgehead atoms. The third kappa shape index (κ3) is 3.66. The van der Waals surface area contributed by atoms with Crippen molar-refractivity contribution in [2.75, 3.05) is 33.0 Å². The summed E-state index contributed by atoms with van der Waals surface area (Å²) < 4.78 is 10.8. The van der Waals surface area contributed by atoms with Gasteiger partial charge in [0.1, 0.15) is 0 Å². The number of benzene rings is 1. The van der Waals surface area contributed by atoms with E-state index in [0.29, 0.717) is 6.79 Å². The second kappa shape index (κ2) is 6.63. The molecule has 0 unspecified atom stereocenters. The zero-order chi connectivity index (χ0) is 17.3. The molecule has 5 nitrogen and oxygen atoms in total. The number of amides is 1. The van der Waals surface area contributed by atoms with Crippen molar-refractivity contribution in [3.8, 4) is 11.5 Å². The van der Waals surface area contributed by atoms with Gasteiger partial charge in [0.15, 0.2) is 11.5 Å². The maximum absolute atomic E-state index is 12.6. The van der Waals surface area contributed by atoms with Crippen LogP contribution < -0.4 is 9.47 Å². The Morgan fingerprint density at radius 1 is 1.12 bits per heavy atom. The average Bonchev–Trinajstić information content (AvgIpc) is 3.01. The largest absolute Gasteiger partial charge is 0.454 e. The lowest BCUT2D eigenvalue weighted by molar-refractivity contribution is -0.140. The average molecular weight is 332 g/mol. The lowest BCUT2D eigenvalue weighted by Gasteiger charge is -2.38. The van der Waals surface area contributed by atoms with Gasteiger partial charge in [-0.2, -0.15) is 0 Å². The fourth-order valence-corrected chi connectivity index (χ4v) is 3.07. The van der Waals surface area contributed by atoms with E-state index in [9.17, 15) is 4.79 Å². The van der Waals surface area contributed by atoms with Crippen LogP contribution in [0, 0.1) is 11.3 Å². The minimum atomic E-state index is 0.0146. The van der Waals surface area contributed by atoms with Crippen LogP contribution in [-0.4, -0.2) is 48.7 Å². The molecule has 1 aromatic rings. The number of nitrogens with zero attached hydrogens (tertiary/aromatic N) is 2. The monoisotopic (exact) mass is 332 g/mol. The van der Waals surface area contributed by atoms with Crippen molar-refractivity contribution in [3.05, 3.63) is 23.8 Å². The molecule has 24 heavy (non-hydrogen) atoms. The van der Waals surface area contributed by atoms with Crippen molar-refractivity contribution >= 4 is 5.91 Å². The molecular weight excluding hydrogens is 304 g/mol. The van der Waals surface area contributed by atoms with E-state index in [1.807, 2.05) is 17.9 Å². The molecule has 2 aliphatic heterocycles. The highest BCUT2D eigenvalue weighted by molar-refractivity contribution is 5.79. The number of ether oxygens (including phenoxy) is 2. The van der Waals surface area contributed by atoms with Crippen molar-refractivity contribution in [2.24, 2.45) is 11.3 Å². The molecule has 1 fully saturated rings. The van der Waals surface area contributed by atoms with Crippen LogP contribution in [0.1, 0.15) is 33.3 Å². The molecule has 1 amide bonds. The van der Waals surface area contributed by atoms with Gasteiger partial charge in [-0.1, -0.05) is 33.8 Å². The Balaban J connectivity index is 1.53.